The van der Waals surface area contributed by atoms with Crippen LogP contribution in [0.15, 0.2) is 42.6 Å². The van der Waals surface area contributed by atoms with Gasteiger partial charge in [0.25, 0.3) is 5.69 Å². The Bertz CT molecular complexity index is 766. The summed E-state index contributed by atoms with van der Waals surface area (Å²) < 4.78 is 5.93. The lowest BCUT2D eigenvalue weighted by atomic mass is 10.1. The van der Waals surface area contributed by atoms with E-state index in [2.05, 4.69) is 4.98 Å². The average Bonchev–Trinajstić information content (AvgIpc) is 2.64. The third-order valence-corrected chi connectivity index (χ3v) is 4.48. The molecule has 0 radical (unpaired) electrons. The number of piperidine rings is 1. The first-order valence-corrected chi connectivity index (χ1v) is 8.61. The molecule has 1 aliphatic rings. The molecule has 7 heteroatoms. The topological polar surface area (TPSA) is 85.6 Å². The molecule has 1 fully saturated rings. The molecule has 0 unspecified atom stereocenters. The van der Waals surface area contributed by atoms with Gasteiger partial charge in [0.15, 0.2) is 0 Å². The van der Waals surface area contributed by atoms with Gasteiger partial charge in [-0.15, -0.1) is 0 Å². The van der Waals surface area contributed by atoms with Crippen molar-refractivity contribution in [1.82, 2.24) is 9.88 Å². The lowest BCUT2D eigenvalue weighted by molar-refractivity contribution is -0.384. The SMILES string of the molecule is Cc1ccc(OC2CCN(C(=O)Cc3ccc([N+](=O)[O-])cc3)CC2)cn1. The van der Waals surface area contributed by atoms with E-state index < -0.39 is 4.92 Å². The fraction of sp³-hybridized carbons (Fsp3) is 0.368. The normalized spacial score (nSPS) is 14.9. The number of hydrogen-bond acceptors (Lipinski definition) is 5. The lowest BCUT2D eigenvalue weighted by Crippen LogP contribution is -2.42. The minimum absolute atomic E-state index is 0.0322. The van der Waals surface area contributed by atoms with E-state index in [4.69, 9.17) is 4.74 Å². The van der Waals surface area contributed by atoms with Crippen LogP contribution < -0.4 is 4.74 Å². The number of non-ortho nitro benzene ring substituents is 1. The van der Waals surface area contributed by atoms with Crippen LogP contribution in [0.3, 0.4) is 0 Å². The Morgan fingerprint density at radius 1 is 1.23 bits per heavy atom. The van der Waals surface area contributed by atoms with E-state index in [-0.39, 0.29) is 24.1 Å². The summed E-state index contributed by atoms with van der Waals surface area (Å²) in [5.41, 5.74) is 1.76. The van der Waals surface area contributed by atoms with Crippen LogP contribution in [0, 0.1) is 17.0 Å². The number of ether oxygens (including phenoxy) is 1. The summed E-state index contributed by atoms with van der Waals surface area (Å²) in [4.78, 5) is 28.7. The summed E-state index contributed by atoms with van der Waals surface area (Å²) in [5, 5.41) is 10.7. The first-order chi connectivity index (χ1) is 12.5. The molecule has 136 valence electrons. The van der Waals surface area contributed by atoms with E-state index in [1.54, 1.807) is 18.3 Å². The number of carbonyl (C=O) groups is 1. The van der Waals surface area contributed by atoms with Crippen molar-refractivity contribution >= 4 is 11.6 Å². The number of benzene rings is 1. The van der Waals surface area contributed by atoms with Crippen molar-refractivity contribution in [3.63, 3.8) is 0 Å². The van der Waals surface area contributed by atoms with Gasteiger partial charge < -0.3 is 9.64 Å². The predicted octanol–water partition coefficient (Wildman–Crippen LogP) is 2.91. The number of rotatable bonds is 5. The van der Waals surface area contributed by atoms with E-state index >= 15 is 0 Å². The molecule has 1 aliphatic heterocycles. The van der Waals surface area contributed by atoms with Crippen LogP contribution in [0.4, 0.5) is 5.69 Å². The van der Waals surface area contributed by atoms with Crippen LogP contribution in [0.25, 0.3) is 0 Å². The predicted molar refractivity (Wildman–Crippen MR) is 96.0 cm³/mol. The quantitative estimate of drug-likeness (QED) is 0.608. The lowest BCUT2D eigenvalue weighted by Gasteiger charge is -2.32. The maximum atomic E-state index is 12.4. The standard InChI is InChI=1S/C19H21N3O4/c1-14-2-7-18(13-20-14)26-17-8-10-21(11-9-17)19(23)12-15-3-5-16(6-4-15)22(24)25/h2-7,13,17H,8-12H2,1H3. The smallest absolute Gasteiger partial charge is 0.269 e. The van der Waals surface area contributed by atoms with E-state index in [0.717, 1.165) is 29.8 Å². The zero-order valence-electron chi connectivity index (χ0n) is 14.6. The Morgan fingerprint density at radius 2 is 1.92 bits per heavy atom. The number of nitro groups is 1. The van der Waals surface area contributed by atoms with Crippen LogP contribution in [0.2, 0.25) is 0 Å². The highest BCUT2D eigenvalue weighted by molar-refractivity contribution is 5.79. The average molecular weight is 355 g/mol. The van der Waals surface area contributed by atoms with Gasteiger partial charge in [0.2, 0.25) is 5.91 Å². The fourth-order valence-electron chi connectivity index (χ4n) is 2.96. The molecule has 3 rings (SSSR count). The van der Waals surface area contributed by atoms with Gasteiger partial charge in [-0.05, 0) is 24.6 Å². The maximum Gasteiger partial charge on any atom is 0.269 e. The Morgan fingerprint density at radius 3 is 2.50 bits per heavy atom. The van der Waals surface area contributed by atoms with Gasteiger partial charge in [-0.2, -0.15) is 0 Å². The molecular weight excluding hydrogens is 334 g/mol. The first-order valence-electron chi connectivity index (χ1n) is 8.61. The van der Waals surface area contributed by atoms with Gasteiger partial charge in [0, 0.05) is 43.8 Å². The monoisotopic (exact) mass is 355 g/mol. The van der Waals surface area contributed by atoms with Crippen molar-refractivity contribution in [2.45, 2.75) is 32.3 Å². The third kappa shape index (κ3) is 4.56. The van der Waals surface area contributed by atoms with Crippen molar-refractivity contribution in [3.8, 4) is 5.75 Å². The molecule has 0 saturated carbocycles. The number of aryl methyl sites for hydroxylation is 1. The number of likely N-dealkylation sites (tertiary alicyclic amines) is 1. The Hall–Kier alpha value is -2.96. The summed E-state index contributed by atoms with van der Waals surface area (Å²) in [6.45, 7) is 3.23. The van der Waals surface area contributed by atoms with Gasteiger partial charge in [0.05, 0.1) is 17.5 Å². The summed E-state index contributed by atoms with van der Waals surface area (Å²) in [6.07, 6.45) is 3.62. The molecule has 1 aromatic carbocycles. The molecule has 1 saturated heterocycles. The number of aromatic nitrogens is 1. The summed E-state index contributed by atoms with van der Waals surface area (Å²) in [5.74, 6) is 0.792. The van der Waals surface area contributed by atoms with Crippen LogP contribution in [-0.2, 0) is 11.2 Å². The third-order valence-electron chi connectivity index (χ3n) is 4.48. The number of carbonyl (C=O) groups excluding carboxylic acids is 1. The van der Waals surface area contributed by atoms with Crippen LogP contribution in [-0.4, -0.2) is 39.9 Å². The van der Waals surface area contributed by atoms with Gasteiger partial charge in [-0.1, -0.05) is 12.1 Å². The largest absolute Gasteiger partial charge is 0.489 e. The molecule has 0 aliphatic carbocycles. The number of nitro benzene ring substituents is 1. The Balaban J connectivity index is 1.48. The van der Waals surface area contributed by atoms with E-state index in [9.17, 15) is 14.9 Å². The van der Waals surface area contributed by atoms with E-state index in [1.165, 1.54) is 12.1 Å². The van der Waals surface area contributed by atoms with Crippen LogP contribution >= 0.6 is 0 Å². The van der Waals surface area contributed by atoms with Crippen molar-refractivity contribution in [1.29, 1.82) is 0 Å². The second-order valence-corrected chi connectivity index (χ2v) is 6.43. The highest BCUT2D eigenvalue weighted by Gasteiger charge is 2.24. The van der Waals surface area contributed by atoms with Crippen LogP contribution in [0.5, 0.6) is 5.75 Å². The highest BCUT2D eigenvalue weighted by atomic mass is 16.6. The Labute approximate surface area is 151 Å². The second kappa shape index (κ2) is 7.95. The molecule has 0 N–H and O–H groups in total. The van der Waals surface area contributed by atoms with E-state index in [0.29, 0.717) is 13.1 Å². The minimum atomic E-state index is -0.444. The Kier molecular flexibility index (Phi) is 5.46. The number of hydrogen-bond donors (Lipinski definition) is 0. The van der Waals surface area contributed by atoms with Gasteiger partial charge in [-0.3, -0.25) is 19.9 Å². The van der Waals surface area contributed by atoms with Crippen molar-refractivity contribution in [3.05, 3.63) is 64.0 Å². The molecule has 7 nitrogen and oxygen atoms in total. The maximum absolute atomic E-state index is 12.4. The zero-order chi connectivity index (χ0) is 18.5. The van der Waals surface area contributed by atoms with Gasteiger partial charge in [-0.25, -0.2) is 0 Å². The molecule has 0 bridgehead atoms. The van der Waals surface area contributed by atoms with E-state index in [1.807, 2.05) is 24.0 Å². The van der Waals surface area contributed by atoms with Gasteiger partial charge in [0.1, 0.15) is 11.9 Å². The number of nitrogens with zero attached hydrogens (tertiary/aromatic N) is 3. The highest BCUT2D eigenvalue weighted by Crippen LogP contribution is 2.19. The van der Waals surface area contributed by atoms with Crippen LogP contribution in [0.1, 0.15) is 24.1 Å². The number of pyridine rings is 1. The zero-order valence-corrected chi connectivity index (χ0v) is 14.6. The molecule has 0 spiro atoms. The summed E-state index contributed by atoms with van der Waals surface area (Å²) in [6, 6.07) is 9.95. The summed E-state index contributed by atoms with van der Waals surface area (Å²) >= 11 is 0. The van der Waals surface area contributed by atoms with Gasteiger partial charge >= 0.3 is 0 Å². The number of amides is 1. The summed E-state index contributed by atoms with van der Waals surface area (Å²) in [7, 11) is 0. The second-order valence-electron chi connectivity index (χ2n) is 6.43. The first kappa shape index (κ1) is 17.8. The molecule has 2 heterocycles. The molecule has 1 aromatic heterocycles. The molecule has 26 heavy (non-hydrogen) atoms. The van der Waals surface area contributed by atoms with Crippen molar-refractivity contribution < 1.29 is 14.5 Å². The van der Waals surface area contributed by atoms with Crippen molar-refractivity contribution in [2.75, 3.05) is 13.1 Å². The van der Waals surface area contributed by atoms with Crippen molar-refractivity contribution in [2.24, 2.45) is 0 Å². The molecular formula is C19H21N3O4. The molecule has 0 atom stereocenters. The molecule has 2 aromatic rings. The minimum Gasteiger partial charge on any atom is -0.489 e. The molecule has 1 amide bonds. The fourth-order valence-corrected chi connectivity index (χ4v) is 2.96.